The SMILES string of the molecule is CC(=O)c1ccc(OC#N)cc1OC#N. The van der Waals surface area contributed by atoms with Crippen LogP contribution in [0.25, 0.3) is 0 Å². The van der Waals surface area contributed by atoms with Crippen molar-refractivity contribution in [2.45, 2.75) is 6.92 Å². The summed E-state index contributed by atoms with van der Waals surface area (Å²) in [5.41, 5.74) is 0.266. The fraction of sp³-hybridized carbons (Fsp3) is 0.100. The minimum absolute atomic E-state index is 0.0813. The first-order valence-electron chi connectivity index (χ1n) is 3.96. The molecule has 0 saturated carbocycles. The molecule has 1 rings (SSSR count). The second-order valence-corrected chi connectivity index (χ2v) is 2.60. The van der Waals surface area contributed by atoms with Gasteiger partial charge in [0.25, 0.3) is 12.5 Å². The van der Waals surface area contributed by atoms with Crippen molar-refractivity contribution in [3.05, 3.63) is 23.8 Å². The van der Waals surface area contributed by atoms with Crippen LogP contribution in [-0.2, 0) is 0 Å². The molecule has 0 heterocycles. The Morgan fingerprint density at radius 3 is 2.47 bits per heavy atom. The van der Waals surface area contributed by atoms with E-state index in [2.05, 4.69) is 9.47 Å². The van der Waals surface area contributed by atoms with Crippen LogP contribution in [0.3, 0.4) is 0 Å². The number of ketones is 1. The van der Waals surface area contributed by atoms with Gasteiger partial charge >= 0.3 is 0 Å². The van der Waals surface area contributed by atoms with Crippen LogP contribution < -0.4 is 9.47 Å². The topological polar surface area (TPSA) is 83.1 Å². The molecule has 0 amide bonds. The van der Waals surface area contributed by atoms with Gasteiger partial charge < -0.3 is 9.47 Å². The fourth-order valence-corrected chi connectivity index (χ4v) is 1.04. The van der Waals surface area contributed by atoms with Gasteiger partial charge in [0.15, 0.2) is 11.5 Å². The van der Waals surface area contributed by atoms with Crippen molar-refractivity contribution in [1.29, 1.82) is 10.5 Å². The first-order chi connectivity index (χ1) is 7.19. The third kappa shape index (κ3) is 2.45. The molecule has 1 aromatic rings. The Morgan fingerprint density at radius 1 is 1.27 bits per heavy atom. The standard InChI is InChI=1S/C10H6N2O3/c1-7(13)9-3-2-8(14-5-11)4-10(9)15-6-12/h2-4H,1H3. The summed E-state index contributed by atoms with van der Waals surface area (Å²) >= 11 is 0. The molecule has 0 aliphatic heterocycles. The molecular formula is C10H6N2O3. The van der Waals surface area contributed by atoms with E-state index in [9.17, 15) is 4.79 Å². The number of carbonyl (C=O) groups is 1. The summed E-state index contributed by atoms with van der Waals surface area (Å²) in [5, 5.41) is 16.6. The van der Waals surface area contributed by atoms with Gasteiger partial charge in [-0.15, -0.1) is 10.5 Å². The first-order valence-corrected chi connectivity index (χ1v) is 3.96. The predicted molar refractivity (Wildman–Crippen MR) is 48.9 cm³/mol. The summed E-state index contributed by atoms with van der Waals surface area (Å²) < 4.78 is 9.11. The molecule has 0 spiro atoms. The van der Waals surface area contributed by atoms with Crippen molar-refractivity contribution in [2.24, 2.45) is 0 Å². The van der Waals surface area contributed by atoms with Gasteiger partial charge in [0.05, 0.1) is 5.56 Å². The van der Waals surface area contributed by atoms with Crippen molar-refractivity contribution in [3.63, 3.8) is 0 Å². The maximum Gasteiger partial charge on any atom is 0.292 e. The van der Waals surface area contributed by atoms with E-state index in [-0.39, 0.29) is 22.8 Å². The smallest absolute Gasteiger partial charge is 0.292 e. The van der Waals surface area contributed by atoms with Crippen molar-refractivity contribution in [3.8, 4) is 24.0 Å². The lowest BCUT2D eigenvalue weighted by Crippen LogP contribution is -1.97. The van der Waals surface area contributed by atoms with E-state index >= 15 is 0 Å². The van der Waals surface area contributed by atoms with E-state index in [0.29, 0.717) is 0 Å². The monoisotopic (exact) mass is 202 g/mol. The lowest BCUT2D eigenvalue weighted by atomic mass is 10.1. The predicted octanol–water partition coefficient (Wildman–Crippen LogP) is 1.61. The second kappa shape index (κ2) is 4.64. The van der Waals surface area contributed by atoms with Gasteiger partial charge in [-0.1, -0.05) is 0 Å². The lowest BCUT2D eigenvalue weighted by molar-refractivity contribution is 0.101. The van der Waals surface area contributed by atoms with Crippen molar-refractivity contribution >= 4 is 5.78 Å². The van der Waals surface area contributed by atoms with Crippen LogP contribution in [0.5, 0.6) is 11.5 Å². The minimum Gasteiger partial charge on any atom is -0.388 e. The third-order valence-electron chi connectivity index (χ3n) is 1.65. The minimum atomic E-state index is -0.233. The molecule has 0 aliphatic rings. The molecule has 0 atom stereocenters. The van der Waals surface area contributed by atoms with Gasteiger partial charge in [-0.25, -0.2) is 0 Å². The number of hydrogen-bond acceptors (Lipinski definition) is 5. The van der Waals surface area contributed by atoms with E-state index in [4.69, 9.17) is 10.5 Å². The number of nitriles is 2. The Labute approximate surface area is 86.1 Å². The summed E-state index contributed by atoms with van der Waals surface area (Å²) in [6.07, 6.45) is 2.94. The normalized spacial score (nSPS) is 8.47. The second-order valence-electron chi connectivity index (χ2n) is 2.60. The van der Waals surface area contributed by atoms with Crippen LogP contribution in [-0.4, -0.2) is 5.78 Å². The average Bonchev–Trinajstić information content (AvgIpc) is 2.18. The van der Waals surface area contributed by atoms with Crippen LogP contribution >= 0.6 is 0 Å². The average molecular weight is 202 g/mol. The number of Topliss-reactive ketones (excluding diaryl/α,β-unsaturated/α-hetero) is 1. The zero-order chi connectivity index (χ0) is 11.3. The van der Waals surface area contributed by atoms with Crippen molar-refractivity contribution < 1.29 is 14.3 Å². The summed E-state index contributed by atoms with van der Waals surface area (Å²) in [6.45, 7) is 1.35. The molecule has 5 heteroatoms. The number of benzene rings is 1. The molecule has 0 radical (unpaired) electrons. The molecule has 1 aromatic carbocycles. The number of rotatable bonds is 3. The molecule has 5 nitrogen and oxygen atoms in total. The van der Waals surface area contributed by atoms with Crippen molar-refractivity contribution in [2.75, 3.05) is 0 Å². The molecule has 0 N–H and O–H groups in total. The van der Waals surface area contributed by atoms with E-state index in [1.807, 2.05) is 0 Å². The summed E-state index contributed by atoms with van der Waals surface area (Å²) in [4.78, 5) is 11.1. The van der Waals surface area contributed by atoms with Crippen LogP contribution in [0.2, 0.25) is 0 Å². The third-order valence-corrected chi connectivity index (χ3v) is 1.65. The first kappa shape index (κ1) is 10.6. The van der Waals surface area contributed by atoms with Gasteiger partial charge in [-0.05, 0) is 19.1 Å². The Morgan fingerprint density at radius 2 is 1.93 bits per heavy atom. The number of carbonyl (C=O) groups excluding carboxylic acids is 1. The highest BCUT2D eigenvalue weighted by molar-refractivity contribution is 5.97. The maximum atomic E-state index is 11.1. The van der Waals surface area contributed by atoms with E-state index in [1.165, 1.54) is 37.6 Å². The van der Waals surface area contributed by atoms with E-state index in [0.717, 1.165) is 0 Å². The lowest BCUT2D eigenvalue weighted by Gasteiger charge is -2.03. The zero-order valence-electron chi connectivity index (χ0n) is 7.85. The van der Waals surface area contributed by atoms with Gasteiger partial charge in [0.1, 0.15) is 5.75 Å². The highest BCUT2D eigenvalue weighted by Crippen LogP contribution is 2.25. The number of ether oxygens (including phenoxy) is 2. The molecule has 0 unspecified atom stereocenters. The summed E-state index contributed by atoms with van der Waals surface area (Å²) in [5.74, 6) is 0.0641. The van der Waals surface area contributed by atoms with Crippen LogP contribution in [0.15, 0.2) is 18.2 Å². The maximum absolute atomic E-state index is 11.1. The Kier molecular flexibility index (Phi) is 3.26. The Hall–Kier alpha value is -2.53. The molecule has 0 fully saturated rings. The van der Waals surface area contributed by atoms with Crippen LogP contribution in [0.1, 0.15) is 17.3 Å². The largest absolute Gasteiger partial charge is 0.388 e. The summed E-state index contributed by atoms with van der Waals surface area (Å²) in [7, 11) is 0. The van der Waals surface area contributed by atoms with Gasteiger partial charge in [-0.3, -0.25) is 4.79 Å². The van der Waals surface area contributed by atoms with Gasteiger partial charge in [0.2, 0.25) is 0 Å². The van der Waals surface area contributed by atoms with Gasteiger partial charge in [-0.2, -0.15) is 0 Å². The van der Waals surface area contributed by atoms with Gasteiger partial charge in [0, 0.05) is 6.07 Å². The Bertz CT molecular complexity index is 469. The highest BCUT2D eigenvalue weighted by atomic mass is 16.5. The van der Waals surface area contributed by atoms with Crippen LogP contribution in [0.4, 0.5) is 0 Å². The summed E-state index contributed by atoms with van der Waals surface area (Å²) in [6, 6.07) is 4.19. The molecule has 0 saturated heterocycles. The molecule has 15 heavy (non-hydrogen) atoms. The Balaban J connectivity index is 3.16. The molecule has 0 aliphatic carbocycles. The fourth-order valence-electron chi connectivity index (χ4n) is 1.04. The molecular weight excluding hydrogens is 196 g/mol. The molecule has 0 bridgehead atoms. The highest BCUT2D eigenvalue weighted by Gasteiger charge is 2.10. The van der Waals surface area contributed by atoms with Crippen LogP contribution in [0, 0.1) is 23.0 Å². The van der Waals surface area contributed by atoms with Crippen molar-refractivity contribution in [1.82, 2.24) is 0 Å². The molecule has 74 valence electrons. The number of nitrogens with zero attached hydrogens (tertiary/aromatic N) is 2. The van der Waals surface area contributed by atoms with E-state index in [1.54, 1.807) is 0 Å². The number of hydrogen-bond donors (Lipinski definition) is 0. The zero-order valence-corrected chi connectivity index (χ0v) is 7.85. The molecule has 0 aromatic heterocycles. The quantitative estimate of drug-likeness (QED) is 0.549. The van der Waals surface area contributed by atoms with E-state index < -0.39 is 0 Å².